The molecule has 6 aromatic rings. The van der Waals surface area contributed by atoms with Gasteiger partial charge in [0.2, 0.25) is 27.7 Å². The number of carboxylic acid groups (broad SMARTS) is 1. The second-order valence-corrected chi connectivity index (χ2v) is 25.4. The maximum atomic E-state index is 16.0. The summed E-state index contributed by atoms with van der Waals surface area (Å²) in [7, 11) is -9.15. The number of aromatic nitrogens is 6. The molecule has 4 aromatic heterocycles. The molecular weight excluding hydrogens is 1130 g/mol. The molecule has 27 heteroatoms. The van der Waals surface area contributed by atoms with Gasteiger partial charge in [-0.15, -0.1) is 0 Å². The molecule has 83 heavy (non-hydrogen) atoms. The van der Waals surface area contributed by atoms with Crippen molar-refractivity contribution in [1.29, 1.82) is 0 Å². The van der Waals surface area contributed by atoms with Crippen molar-refractivity contribution in [2.24, 2.45) is 5.14 Å². The van der Waals surface area contributed by atoms with Gasteiger partial charge in [0.25, 0.3) is 20.0 Å². The SMILES string of the molecule is CC(C)c1cc(F)cc(-c2ccnc(OCC(C)(C)n3nc(S(N)(=O)=O)c(F)c3CN3CCOCC3)c2)c1CC(=O)O.CC(C)c1cc(F)cc2c1CC(=O)NS(=O)(=O)c1nn(c(CN3CCOCC3)c1F)C(C)(C)COc1cc-2ccn1. The average molecular weight is 1200 g/mol. The molecule has 0 unspecified atom stereocenters. The highest BCUT2D eigenvalue weighted by Gasteiger charge is 2.38. The summed E-state index contributed by atoms with van der Waals surface area (Å²) < 4.78 is 139. The van der Waals surface area contributed by atoms with Gasteiger partial charge in [-0.05, 0) is 120 Å². The Morgan fingerprint density at radius 2 is 1.39 bits per heavy atom. The Labute approximate surface area is 479 Å². The number of primary sulfonamides is 1. The fraction of sp³-hybridized carbons (Fsp3) is 0.464. The Bertz CT molecular complexity index is 3620. The number of rotatable bonds is 14. The number of ether oxygens (including phenoxy) is 4. The zero-order chi connectivity index (χ0) is 60.3. The Balaban J connectivity index is 0.000000217. The summed E-state index contributed by atoms with van der Waals surface area (Å²) in [4.78, 5) is 37.3. The summed E-state index contributed by atoms with van der Waals surface area (Å²) in [6.07, 6.45) is 2.28. The van der Waals surface area contributed by atoms with Crippen LogP contribution in [0.5, 0.6) is 11.8 Å². The number of nitrogens with one attached hydrogen (secondary N) is 1. The first-order valence-corrected chi connectivity index (χ1v) is 29.8. The Morgan fingerprint density at radius 1 is 0.819 bits per heavy atom. The molecule has 0 radical (unpaired) electrons. The van der Waals surface area contributed by atoms with Crippen LogP contribution in [0.3, 0.4) is 0 Å². The summed E-state index contributed by atoms with van der Waals surface area (Å²) in [5.41, 5.74) is 1.92. The minimum absolute atomic E-state index is 0.0375. The van der Waals surface area contributed by atoms with Crippen molar-refractivity contribution >= 4 is 31.9 Å². The predicted octanol–water partition coefficient (Wildman–Crippen LogP) is 6.62. The van der Waals surface area contributed by atoms with E-state index in [0.717, 1.165) is 0 Å². The summed E-state index contributed by atoms with van der Waals surface area (Å²) in [6, 6.07) is 11.8. The first kappa shape index (κ1) is 62.2. The maximum absolute atomic E-state index is 16.0. The number of pyridine rings is 2. The summed E-state index contributed by atoms with van der Waals surface area (Å²) in [6.45, 7) is 18.3. The van der Waals surface area contributed by atoms with Crippen LogP contribution in [0.4, 0.5) is 17.6 Å². The predicted molar refractivity (Wildman–Crippen MR) is 295 cm³/mol. The quantitative estimate of drug-likeness (QED) is 0.0967. The summed E-state index contributed by atoms with van der Waals surface area (Å²) in [5, 5.41) is 21.3. The van der Waals surface area contributed by atoms with Crippen LogP contribution in [0.2, 0.25) is 0 Å². The van der Waals surface area contributed by atoms with Crippen molar-refractivity contribution in [3.05, 3.63) is 118 Å². The maximum Gasteiger partial charge on any atom is 0.307 e. The minimum Gasteiger partial charge on any atom is -0.481 e. The van der Waals surface area contributed by atoms with Gasteiger partial charge in [-0.3, -0.25) is 28.8 Å². The number of aliphatic carboxylic acids is 1. The van der Waals surface area contributed by atoms with E-state index in [-0.39, 0.29) is 67.7 Å². The second-order valence-electron chi connectivity index (χ2n) is 22.4. The van der Waals surface area contributed by atoms with Gasteiger partial charge in [-0.25, -0.2) is 45.8 Å². The van der Waals surface area contributed by atoms with Crippen molar-refractivity contribution < 1.29 is 68.0 Å². The van der Waals surface area contributed by atoms with Gasteiger partial charge in [-0.1, -0.05) is 27.7 Å². The molecule has 0 saturated carbocycles. The van der Waals surface area contributed by atoms with Crippen molar-refractivity contribution in [3.63, 3.8) is 0 Å². The molecule has 0 atom stereocenters. The molecule has 2 fully saturated rings. The monoisotopic (exact) mass is 1200 g/mol. The molecule has 2 aromatic carbocycles. The van der Waals surface area contributed by atoms with Gasteiger partial charge in [0.15, 0.2) is 11.6 Å². The van der Waals surface area contributed by atoms with E-state index in [1.54, 1.807) is 52.0 Å². The number of hydrogen-bond acceptors (Lipinski definition) is 16. The van der Waals surface area contributed by atoms with E-state index < -0.39 is 82.7 Å². The van der Waals surface area contributed by atoms with Crippen LogP contribution >= 0.6 is 0 Å². The number of carboxylic acids is 1. The molecule has 3 aliphatic heterocycles. The van der Waals surface area contributed by atoms with Gasteiger partial charge >= 0.3 is 5.97 Å². The van der Waals surface area contributed by atoms with Gasteiger partial charge in [-0.2, -0.15) is 18.6 Å². The van der Waals surface area contributed by atoms with Gasteiger partial charge < -0.3 is 24.1 Å². The Kier molecular flexibility index (Phi) is 18.8. The molecule has 1 amide bonds. The fourth-order valence-corrected chi connectivity index (χ4v) is 11.7. The average Bonchev–Trinajstić information content (AvgIpc) is 2.55. The van der Waals surface area contributed by atoms with Crippen LogP contribution in [0.25, 0.3) is 22.3 Å². The lowest BCUT2D eigenvalue weighted by molar-refractivity contribution is -0.136. The Hall–Kier alpha value is -6.88. The van der Waals surface area contributed by atoms with Crippen LogP contribution in [0.15, 0.2) is 71.0 Å². The zero-order valence-electron chi connectivity index (χ0n) is 47.3. The van der Waals surface area contributed by atoms with E-state index in [4.69, 9.17) is 24.1 Å². The van der Waals surface area contributed by atoms with Crippen molar-refractivity contribution in [2.75, 3.05) is 65.8 Å². The highest BCUT2D eigenvalue weighted by Crippen LogP contribution is 2.37. The largest absolute Gasteiger partial charge is 0.481 e. The standard InChI is InChI=1S/C28H35F2N5O6S.C28H33F2N5O5S/c1-17(2)20-12-19(29)13-21(22(20)14-25(36)37)18-5-6-32-24(11-18)41-16-28(3,4)35-23(15-34-7-9-40-10-8-34)26(30)27(33-35)42(31,38)39;1-17(2)20-12-19(29)13-21-18-5-6-31-25(11-18)40-16-28(3,4)35-23(15-34-7-9-39-10-8-34)26(30)27(32-35)41(37,38)33-24(36)14-22(20)21/h5-6,11-13,17H,7-10,14-16H2,1-4H3,(H,36,37)(H2,31,38,39);5-6,11-13,17H,7-10,14-16H2,1-4H3,(H,33,36). The smallest absolute Gasteiger partial charge is 0.307 e. The topological polar surface area (TPSA) is 266 Å². The number of carbonyl (C=O) groups is 2. The van der Waals surface area contributed by atoms with Crippen LogP contribution < -0.4 is 19.3 Å². The fourth-order valence-electron chi connectivity index (χ4n) is 10.1. The number of nitrogens with two attached hydrogens (primary N) is 1. The minimum atomic E-state index is -4.71. The number of hydrogen-bond donors (Lipinski definition) is 3. The third-order valence-electron chi connectivity index (χ3n) is 14.3. The molecule has 7 heterocycles. The molecular formula is C56H68F4N10O11S2. The van der Waals surface area contributed by atoms with Crippen LogP contribution in [-0.2, 0) is 76.1 Å². The number of amides is 1. The summed E-state index contributed by atoms with van der Waals surface area (Å²) >= 11 is 0. The molecule has 4 N–H and O–H groups in total. The van der Waals surface area contributed by atoms with Crippen molar-refractivity contribution in [2.45, 2.75) is 114 Å². The Morgan fingerprint density at radius 3 is 1.98 bits per heavy atom. The van der Waals surface area contributed by atoms with Gasteiger partial charge in [0, 0.05) is 63.8 Å². The zero-order valence-corrected chi connectivity index (χ0v) is 49.0. The first-order valence-electron chi connectivity index (χ1n) is 26.8. The van der Waals surface area contributed by atoms with E-state index in [1.165, 1.54) is 46.0 Å². The van der Waals surface area contributed by atoms with E-state index in [9.17, 15) is 40.3 Å². The number of morpholine rings is 2. The number of benzene rings is 2. The lowest BCUT2D eigenvalue weighted by Crippen LogP contribution is -2.40. The third-order valence-corrected chi connectivity index (χ3v) is 16.4. The van der Waals surface area contributed by atoms with E-state index in [0.29, 0.717) is 97.1 Å². The molecule has 21 nitrogen and oxygen atoms in total. The molecule has 448 valence electrons. The van der Waals surface area contributed by atoms with Crippen LogP contribution in [0.1, 0.15) is 101 Å². The lowest BCUT2D eigenvalue weighted by Gasteiger charge is -2.30. The second kappa shape index (κ2) is 25.1. The highest BCUT2D eigenvalue weighted by molar-refractivity contribution is 7.90. The number of carbonyl (C=O) groups excluding carboxylic acids is 1. The van der Waals surface area contributed by atoms with Crippen molar-refractivity contribution in [3.8, 4) is 34.0 Å². The van der Waals surface area contributed by atoms with Gasteiger partial charge in [0.1, 0.15) is 24.8 Å². The third kappa shape index (κ3) is 14.6. The molecule has 0 spiro atoms. The van der Waals surface area contributed by atoms with Crippen LogP contribution in [0, 0.1) is 23.3 Å². The molecule has 9 rings (SSSR count). The van der Waals surface area contributed by atoms with E-state index in [1.807, 2.05) is 42.2 Å². The molecule has 3 aliphatic rings. The van der Waals surface area contributed by atoms with E-state index in [2.05, 4.69) is 20.2 Å². The van der Waals surface area contributed by atoms with Gasteiger partial charge in [0.05, 0.1) is 61.7 Å². The first-order chi connectivity index (χ1) is 39.0. The summed E-state index contributed by atoms with van der Waals surface area (Å²) in [5.74, 6) is -4.93. The highest BCUT2D eigenvalue weighted by atomic mass is 32.2. The molecule has 4 bridgehead atoms. The molecule has 2 saturated heterocycles. The number of sulfonamides is 2. The van der Waals surface area contributed by atoms with E-state index >= 15 is 8.78 Å². The van der Waals surface area contributed by atoms with Crippen molar-refractivity contribution in [1.82, 2.24) is 44.1 Å². The molecule has 0 aliphatic carbocycles. The number of halogens is 4. The number of fused-ring (bicyclic) bond motifs is 6. The van der Waals surface area contributed by atoms with Crippen LogP contribution in [-0.4, -0.2) is 139 Å². The lowest BCUT2D eigenvalue weighted by atomic mass is 9.88. The number of nitrogens with zero attached hydrogens (tertiary/aromatic N) is 8. The normalized spacial score (nSPS) is 16.9.